The molecule has 2 heterocycles. The van der Waals surface area contributed by atoms with Crippen LogP contribution in [-0.2, 0) is 22.4 Å². The lowest BCUT2D eigenvalue weighted by atomic mass is 10.2. The van der Waals surface area contributed by atoms with Gasteiger partial charge in [-0.05, 0) is 12.8 Å². The zero-order chi connectivity index (χ0) is 10.7. The molecule has 0 aromatic carbocycles. The summed E-state index contributed by atoms with van der Waals surface area (Å²) in [5, 5.41) is 12.1. The molecule has 82 valence electrons. The summed E-state index contributed by atoms with van der Waals surface area (Å²) < 4.78 is 10.3. The highest BCUT2D eigenvalue weighted by atomic mass is 16.5. The monoisotopic (exact) mass is 212 g/mol. The summed E-state index contributed by atoms with van der Waals surface area (Å²) in [7, 11) is 0. The van der Waals surface area contributed by atoms with Crippen LogP contribution in [0.25, 0.3) is 0 Å². The summed E-state index contributed by atoms with van der Waals surface area (Å²) in [6.07, 6.45) is 2.57. The summed E-state index contributed by atoms with van der Waals surface area (Å²) >= 11 is 0. The highest BCUT2D eigenvalue weighted by molar-refractivity contribution is 5.68. The number of nitrogens with zero attached hydrogens (tertiary/aromatic N) is 2. The molecule has 0 radical (unpaired) electrons. The van der Waals surface area contributed by atoms with Crippen molar-refractivity contribution < 1.29 is 19.2 Å². The van der Waals surface area contributed by atoms with Crippen molar-refractivity contribution in [1.29, 1.82) is 0 Å². The Morgan fingerprint density at radius 2 is 2.47 bits per heavy atom. The molecule has 1 fully saturated rings. The third-order valence-electron chi connectivity index (χ3n) is 2.25. The molecule has 0 bridgehead atoms. The van der Waals surface area contributed by atoms with Crippen molar-refractivity contribution in [2.24, 2.45) is 0 Å². The van der Waals surface area contributed by atoms with Crippen LogP contribution >= 0.6 is 0 Å². The van der Waals surface area contributed by atoms with E-state index in [-0.39, 0.29) is 18.3 Å². The van der Waals surface area contributed by atoms with Crippen LogP contribution in [0.5, 0.6) is 0 Å². The smallest absolute Gasteiger partial charge is 0.311 e. The van der Waals surface area contributed by atoms with Crippen LogP contribution in [0.2, 0.25) is 0 Å². The van der Waals surface area contributed by atoms with E-state index in [0.717, 1.165) is 19.4 Å². The Labute approximate surface area is 86.2 Å². The third kappa shape index (κ3) is 2.76. The van der Waals surface area contributed by atoms with Gasteiger partial charge in [0.15, 0.2) is 5.82 Å². The first kappa shape index (κ1) is 10.1. The predicted octanol–water partition coefficient (Wildman–Crippen LogP) is 0.418. The lowest BCUT2D eigenvalue weighted by Gasteiger charge is -2.03. The SMILES string of the molecule is O=C(O)Cc1noc(CC2CCCO2)n1. The normalized spacial score (nSPS) is 20.7. The van der Waals surface area contributed by atoms with Crippen LogP contribution in [0, 0.1) is 0 Å². The van der Waals surface area contributed by atoms with Gasteiger partial charge in [-0.2, -0.15) is 4.98 Å². The molecule has 1 aliphatic heterocycles. The summed E-state index contributed by atoms with van der Waals surface area (Å²) in [6, 6.07) is 0. The Balaban J connectivity index is 1.91. The van der Waals surface area contributed by atoms with Gasteiger partial charge in [-0.1, -0.05) is 5.16 Å². The Morgan fingerprint density at radius 3 is 3.13 bits per heavy atom. The number of aromatic nitrogens is 2. The van der Waals surface area contributed by atoms with Crippen molar-refractivity contribution in [3.05, 3.63) is 11.7 Å². The molecule has 1 aromatic rings. The van der Waals surface area contributed by atoms with Gasteiger partial charge in [0.05, 0.1) is 12.5 Å². The number of aliphatic carboxylic acids is 1. The number of carboxylic acids is 1. The summed E-state index contributed by atoms with van der Waals surface area (Å²) in [4.78, 5) is 14.4. The molecule has 1 unspecified atom stereocenters. The first-order chi connectivity index (χ1) is 7.24. The fraction of sp³-hybridized carbons (Fsp3) is 0.667. The molecule has 0 spiro atoms. The zero-order valence-corrected chi connectivity index (χ0v) is 8.18. The fourth-order valence-electron chi connectivity index (χ4n) is 1.58. The van der Waals surface area contributed by atoms with Gasteiger partial charge in [0.25, 0.3) is 0 Å². The molecular formula is C9H12N2O4. The van der Waals surface area contributed by atoms with Gasteiger partial charge in [-0.15, -0.1) is 0 Å². The molecule has 15 heavy (non-hydrogen) atoms. The van der Waals surface area contributed by atoms with E-state index in [1.807, 2.05) is 0 Å². The van der Waals surface area contributed by atoms with E-state index in [2.05, 4.69) is 10.1 Å². The van der Waals surface area contributed by atoms with Gasteiger partial charge in [-0.3, -0.25) is 4.79 Å². The maximum Gasteiger partial charge on any atom is 0.311 e. The van der Waals surface area contributed by atoms with E-state index in [1.165, 1.54) is 0 Å². The van der Waals surface area contributed by atoms with Crippen LogP contribution in [0.1, 0.15) is 24.6 Å². The number of carbonyl (C=O) groups is 1. The number of hydrogen-bond donors (Lipinski definition) is 1. The average molecular weight is 212 g/mol. The largest absolute Gasteiger partial charge is 0.481 e. The molecule has 6 nitrogen and oxygen atoms in total. The van der Waals surface area contributed by atoms with E-state index in [9.17, 15) is 4.79 Å². The second-order valence-electron chi connectivity index (χ2n) is 3.51. The summed E-state index contributed by atoms with van der Waals surface area (Å²) in [5.41, 5.74) is 0. The van der Waals surface area contributed by atoms with Gasteiger partial charge < -0.3 is 14.4 Å². The van der Waals surface area contributed by atoms with Crippen LogP contribution in [0.4, 0.5) is 0 Å². The maximum absolute atomic E-state index is 10.4. The van der Waals surface area contributed by atoms with E-state index in [4.69, 9.17) is 14.4 Å². The molecule has 1 atom stereocenters. The second-order valence-corrected chi connectivity index (χ2v) is 3.51. The van der Waals surface area contributed by atoms with E-state index < -0.39 is 5.97 Å². The molecular weight excluding hydrogens is 200 g/mol. The topological polar surface area (TPSA) is 85.5 Å². The van der Waals surface area contributed by atoms with E-state index in [0.29, 0.717) is 12.3 Å². The lowest BCUT2D eigenvalue weighted by molar-refractivity contribution is -0.136. The van der Waals surface area contributed by atoms with Gasteiger partial charge >= 0.3 is 5.97 Å². The number of rotatable bonds is 4. The van der Waals surface area contributed by atoms with Crippen molar-refractivity contribution in [1.82, 2.24) is 10.1 Å². The van der Waals surface area contributed by atoms with Crippen molar-refractivity contribution in [2.45, 2.75) is 31.8 Å². The van der Waals surface area contributed by atoms with Crippen molar-refractivity contribution in [2.75, 3.05) is 6.61 Å². The quantitative estimate of drug-likeness (QED) is 0.778. The predicted molar refractivity (Wildman–Crippen MR) is 48.3 cm³/mol. The molecule has 0 amide bonds. The average Bonchev–Trinajstić information content (AvgIpc) is 2.77. The first-order valence-electron chi connectivity index (χ1n) is 4.89. The van der Waals surface area contributed by atoms with Gasteiger partial charge in [0.2, 0.25) is 5.89 Å². The lowest BCUT2D eigenvalue weighted by Crippen LogP contribution is -2.09. The number of ether oxygens (including phenoxy) is 1. The van der Waals surface area contributed by atoms with Crippen molar-refractivity contribution in [3.63, 3.8) is 0 Å². The minimum absolute atomic E-state index is 0.142. The Kier molecular flexibility index (Phi) is 2.96. The molecule has 2 rings (SSSR count). The first-order valence-corrected chi connectivity index (χ1v) is 4.89. The number of carboxylic acid groups (broad SMARTS) is 1. The molecule has 0 saturated carbocycles. The fourth-order valence-corrected chi connectivity index (χ4v) is 1.58. The van der Waals surface area contributed by atoms with Crippen LogP contribution in [0.3, 0.4) is 0 Å². The van der Waals surface area contributed by atoms with Crippen molar-refractivity contribution in [3.8, 4) is 0 Å². The standard InChI is InChI=1S/C9H12N2O4/c12-9(13)5-7-10-8(15-11-7)4-6-2-1-3-14-6/h6H,1-5H2,(H,12,13). The molecule has 6 heteroatoms. The van der Waals surface area contributed by atoms with E-state index >= 15 is 0 Å². The Bertz CT molecular complexity index is 344. The summed E-state index contributed by atoms with van der Waals surface area (Å²) in [6.45, 7) is 0.779. The summed E-state index contributed by atoms with van der Waals surface area (Å²) in [5.74, 6) is -0.284. The van der Waals surface area contributed by atoms with E-state index in [1.54, 1.807) is 0 Å². The number of hydrogen-bond acceptors (Lipinski definition) is 5. The molecule has 1 aromatic heterocycles. The Hall–Kier alpha value is -1.43. The van der Waals surface area contributed by atoms with Crippen molar-refractivity contribution >= 4 is 5.97 Å². The highest BCUT2D eigenvalue weighted by Gasteiger charge is 2.19. The van der Waals surface area contributed by atoms with Gasteiger partial charge in [0.1, 0.15) is 6.42 Å². The Morgan fingerprint density at radius 1 is 1.60 bits per heavy atom. The van der Waals surface area contributed by atoms with Gasteiger partial charge in [-0.25, -0.2) is 0 Å². The minimum Gasteiger partial charge on any atom is -0.481 e. The minimum atomic E-state index is -0.959. The molecule has 1 saturated heterocycles. The highest BCUT2D eigenvalue weighted by Crippen LogP contribution is 2.16. The molecule has 0 aliphatic carbocycles. The molecule has 1 N–H and O–H groups in total. The van der Waals surface area contributed by atoms with Crippen LogP contribution < -0.4 is 0 Å². The van der Waals surface area contributed by atoms with Crippen LogP contribution in [0.15, 0.2) is 4.52 Å². The third-order valence-corrected chi connectivity index (χ3v) is 2.25. The molecule has 1 aliphatic rings. The second kappa shape index (κ2) is 4.39. The van der Waals surface area contributed by atoms with Gasteiger partial charge in [0, 0.05) is 6.61 Å². The zero-order valence-electron chi connectivity index (χ0n) is 8.18. The van der Waals surface area contributed by atoms with Crippen LogP contribution in [-0.4, -0.2) is 33.9 Å². The maximum atomic E-state index is 10.4.